The molecule has 1 N–H and O–H groups in total. The number of ether oxygens (including phenoxy) is 1. The first-order chi connectivity index (χ1) is 8.63. The predicted molar refractivity (Wildman–Crippen MR) is 73.3 cm³/mol. The number of hydrogen-bond donors (Lipinski definition) is 1. The van der Waals surface area contributed by atoms with Crippen LogP contribution in [-0.4, -0.2) is 5.91 Å². The number of hydrogen-bond acceptors (Lipinski definition) is 2. The summed E-state index contributed by atoms with van der Waals surface area (Å²) in [6, 6.07) is 11.1. The van der Waals surface area contributed by atoms with E-state index < -0.39 is 0 Å². The number of fused-ring (bicyclic) bond motifs is 2. The highest BCUT2D eigenvalue weighted by Crippen LogP contribution is 2.37. The van der Waals surface area contributed by atoms with Gasteiger partial charge in [-0.3, -0.25) is 4.79 Å². The largest absolute Gasteiger partial charge is 0.454 e. The molecule has 1 aliphatic rings. The Morgan fingerprint density at radius 1 is 1.11 bits per heavy atom. The summed E-state index contributed by atoms with van der Waals surface area (Å²) in [7, 11) is 0. The number of halogens is 1. The van der Waals surface area contributed by atoms with Crippen molar-refractivity contribution in [1.29, 1.82) is 0 Å². The molecule has 2 aromatic carbocycles. The minimum absolute atomic E-state index is 0.153. The SMILES string of the molecule is Cc1ccc2c(c1)Oc1cc(Br)ccc1C(=O)N2. The summed E-state index contributed by atoms with van der Waals surface area (Å²) in [5.41, 5.74) is 2.31. The Bertz CT molecular complexity index is 652. The van der Waals surface area contributed by atoms with Crippen LogP contribution in [0, 0.1) is 6.92 Å². The van der Waals surface area contributed by atoms with Gasteiger partial charge >= 0.3 is 0 Å². The highest BCUT2D eigenvalue weighted by atomic mass is 79.9. The lowest BCUT2D eigenvalue weighted by Crippen LogP contribution is -2.10. The molecule has 0 saturated heterocycles. The summed E-state index contributed by atoms with van der Waals surface area (Å²) in [6.07, 6.45) is 0. The third kappa shape index (κ3) is 1.88. The zero-order valence-corrected chi connectivity index (χ0v) is 11.2. The second-order valence-corrected chi connectivity index (χ2v) is 5.11. The van der Waals surface area contributed by atoms with Crippen molar-refractivity contribution in [2.75, 3.05) is 5.32 Å². The fourth-order valence-corrected chi connectivity index (χ4v) is 2.23. The number of anilines is 1. The van der Waals surface area contributed by atoms with Crippen LogP contribution in [0.3, 0.4) is 0 Å². The molecule has 0 aliphatic carbocycles. The van der Waals surface area contributed by atoms with E-state index in [1.165, 1.54) is 0 Å². The number of nitrogens with one attached hydrogen (secondary N) is 1. The summed E-state index contributed by atoms with van der Waals surface area (Å²) in [4.78, 5) is 12.1. The van der Waals surface area contributed by atoms with E-state index in [0.717, 1.165) is 10.0 Å². The Morgan fingerprint density at radius 3 is 2.78 bits per heavy atom. The molecule has 0 fully saturated rings. The van der Waals surface area contributed by atoms with Crippen molar-refractivity contribution in [3.05, 3.63) is 52.0 Å². The van der Waals surface area contributed by atoms with E-state index in [1.54, 1.807) is 12.1 Å². The Hall–Kier alpha value is -1.81. The third-order valence-electron chi connectivity index (χ3n) is 2.79. The molecule has 0 atom stereocenters. The first-order valence-electron chi connectivity index (χ1n) is 5.53. The van der Waals surface area contributed by atoms with Gasteiger partial charge in [0.25, 0.3) is 5.91 Å². The van der Waals surface area contributed by atoms with Crippen molar-refractivity contribution in [1.82, 2.24) is 0 Å². The normalized spacial score (nSPS) is 12.9. The quantitative estimate of drug-likeness (QED) is 0.795. The smallest absolute Gasteiger partial charge is 0.259 e. The molecule has 1 heterocycles. The third-order valence-corrected chi connectivity index (χ3v) is 3.29. The average Bonchev–Trinajstić information content (AvgIpc) is 2.44. The van der Waals surface area contributed by atoms with Gasteiger partial charge in [0.1, 0.15) is 5.75 Å². The minimum atomic E-state index is -0.153. The van der Waals surface area contributed by atoms with Gasteiger partial charge in [-0.1, -0.05) is 22.0 Å². The Labute approximate surface area is 113 Å². The molecule has 0 spiro atoms. The molecule has 4 heteroatoms. The van der Waals surface area contributed by atoms with Crippen molar-refractivity contribution in [2.45, 2.75) is 6.92 Å². The molecule has 1 amide bonds. The zero-order chi connectivity index (χ0) is 12.7. The molecule has 0 bridgehead atoms. The second kappa shape index (κ2) is 4.14. The lowest BCUT2D eigenvalue weighted by atomic mass is 10.2. The van der Waals surface area contributed by atoms with Gasteiger partial charge in [0.15, 0.2) is 5.75 Å². The van der Waals surface area contributed by atoms with Gasteiger partial charge in [0, 0.05) is 4.47 Å². The van der Waals surface area contributed by atoms with E-state index in [4.69, 9.17) is 4.74 Å². The molecule has 90 valence electrons. The van der Waals surface area contributed by atoms with E-state index in [0.29, 0.717) is 22.7 Å². The fourth-order valence-electron chi connectivity index (χ4n) is 1.89. The Morgan fingerprint density at radius 2 is 1.94 bits per heavy atom. The second-order valence-electron chi connectivity index (χ2n) is 4.20. The van der Waals surface area contributed by atoms with E-state index in [9.17, 15) is 4.79 Å². The van der Waals surface area contributed by atoms with Crippen LogP contribution in [0.1, 0.15) is 15.9 Å². The van der Waals surface area contributed by atoms with E-state index in [-0.39, 0.29) is 5.91 Å². The number of amides is 1. The molecule has 0 unspecified atom stereocenters. The maximum Gasteiger partial charge on any atom is 0.259 e. The number of rotatable bonds is 0. The van der Waals surface area contributed by atoms with Crippen LogP contribution in [0.15, 0.2) is 40.9 Å². The minimum Gasteiger partial charge on any atom is -0.454 e. The maximum absolute atomic E-state index is 12.1. The summed E-state index contributed by atoms with van der Waals surface area (Å²) in [5, 5.41) is 2.85. The summed E-state index contributed by atoms with van der Waals surface area (Å²) in [5.74, 6) is 1.08. The van der Waals surface area contributed by atoms with E-state index >= 15 is 0 Å². The molecule has 0 radical (unpaired) electrons. The Kier molecular flexibility index (Phi) is 2.59. The van der Waals surface area contributed by atoms with E-state index in [2.05, 4.69) is 21.2 Å². The van der Waals surface area contributed by atoms with Gasteiger partial charge in [-0.05, 0) is 42.8 Å². The first-order valence-corrected chi connectivity index (χ1v) is 6.32. The summed E-state index contributed by atoms with van der Waals surface area (Å²) >= 11 is 3.38. The molecular formula is C14H10BrNO2. The van der Waals surface area contributed by atoms with Crippen molar-refractivity contribution < 1.29 is 9.53 Å². The topological polar surface area (TPSA) is 38.3 Å². The van der Waals surface area contributed by atoms with Crippen molar-refractivity contribution >= 4 is 27.5 Å². The highest BCUT2D eigenvalue weighted by Gasteiger charge is 2.20. The fraction of sp³-hybridized carbons (Fsp3) is 0.0714. The number of carbonyl (C=O) groups excluding carboxylic acids is 1. The first kappa shape index (κ1) is 11.3. The highest BCUT2D eigenvalue weighted by molar-refractivity contribution is 9.10. The molecule has 18 heavy (non-hydrogen) atoms. The van der Waals surface area contributed by atoms with Gasteiger partial charge in [0.2, 0.25) is 0 Å². The van der Waals surface area contributed by atoms with Crippen LogP contribution >= 0.6 is 15.9 Å². The van der Waals surface area contributed by atoms with Crippen LogP contribution in [0.2, 0.25) is 0 Å². The standard InChI is InChI=1S/C14H10BrNO2/c1-8-2-5-11-13(6-8)18-12-7-9(15)3-4-10(12)14(17)16-11/h2-7H,1H3,(H,16,17). The van der Waals surface area contributed by atoms with Gasteiger partial charge in [-0.15, -0.1) is 0 Å². The van der Waals surface area contributed by atoms with Gasteiger partial charge in [-0.2, -0.15) is 0 Å². The summed E-state index contributed by atoms with van der Waals surface area (Å²) in [6.45, 7) is 1.98. The van der Waals surface area contributed by atoms with Crippen molar-refractivity contribution in [3.8, 4) is 11.5 Å². The van der Waals surface area contributed by atoms with Crippen molar-refractivity contribution in [3.63, 3.8) is 0 Å². The van der Waals surface area contributed by atoms with Crippen LogP contribution in [0.4, 0.5) is 5.69 Å². The number of carbonyl (C=O) groups is 1. The van der Waals surface area contributed by atoms with E-state index in [1.807, 2.05) is 31.2 Å². The van der Waals surface area contributed by atoms with Crippen LogP contribution in [0.25, 0.3) is 0 Å². The maximum atomic E-state index is 12.1. The zero-order valence-electron chi connectivity index (χ0n) is 9.66. The Balaban J connectivity index is 2.18. The molecule has 2 aromatic rings. The lowest BCUT2D eigenvalue weighted by Gasteiger charge is -2.08. The number of benzene rings is 2. The molecule has 3 rings (SSSR count). The van der Waals surface area contributed by atoms with Crippen LogP contribution in [0.5, 0.6) is 11.5 Å². The van der Waals surface area contributed by atoms with Crippen LogP contribution < -0.4 is 10.1 Å². The van der Waals surface area contributed by atoms with Gasteiger partial charge < -0.3 is 10.1 Å². The molecule has 0 saturated carbocycles. The van der Waals surface area contributed by atoms with Crippen LogP contribution in [-0.2, 0) is 0 Å². The number of aryl methyl sites for hydroxylation is 1. The van der Waals surface area contributed by atoms with Gasteiger partial charge in [-0.25, -0.2) is 0 Å². The lowest BCUT2D eigenvalue weighted by molar-refractivity contribution is 0.102. The molecular weight excluding hydrogens is 294 g/mol. The average molecular weight is 304 g/mol. The summed E-state index contributed by atoms with van der Waals surface area (Å²) < 4.78 is 6.70. The molecule has 0 aromatic heterocycles. The monoisotopic (exact) mass is 303 g/mol. The van der Waals surface area contributed by atoms with Gasteiger partial charge in [0.05, 0.1) is 11.3 Å². The molecule has 1 aliphatic heterocycles. The predicted octanol–water partition coefficient (Wildman–Crippen LogP) is 4.12. The van der Waals surface area contributed by atoms with Crippen molar-refractivity contribution in [2.24, 2.45) is 0 Å². The molecule has 3 nitrogen and oxygen atoms in total.